The van der Waals surface area contributed by atoms with Crippen LogP contribution in [0.25, 0.3) is 44.5 Å². The first kappa shape index (κ1) is 34.9. The number of aromatic nitrogens is 4. The molecule has 10 heteroatoms. The van der Waals surface area contributed by atoms with Crippen molar-refractivity contribution in [3.8, 4) is 33.5 Å². The van der Waals surface area contributed by atoms with Crippen LogP contribution in [0.4, 0.5) is 9.59 Å². The van der Waals surface area contributed by atoms with Crippen LogP contribution >= 0.6 is 0 Å². The smallest absolute Gasteiger partial charge is 0.410 e. The fourth-order valence-electron chi connectivity index (χ4n) is 8.22. The van der Waals surface area contributed by atoms with Crippen molar-refractivity contribution < 1.29 is 19.1 Å². The van der Waals surface area contributed by atoms with Gasteiger partial charge in [-0.1, -0.05) is 61.4 Å². The molecule has 3 aliphatic rings. The normalized spacial score (nSPS) is 18.2. The molecule has 1 saturated heterocycles. The van der Waals surface area contributed by atoms with Crippen molar-refractivity contribution in [1.29, 1.82) is 0 Å². The second-order valence-electron chi connectivity index (χ2n) is 17.0. The van der Waals surface area contributed by atoms with Crippen LogP contribution < -0.4 is 5.32 Å². The van der Waals surface area contributed by atoms with E-state index in [4.69, 9.17) is 19.4 Å². The Kier molecular flexibility index (Phi) is 8.62. The molecule has 0 radical (unpaired) electrons. The quantitative estimate of drug-likeness (QED) is 0.167. The highest BCUT2D eigenvalue weighted by atomic mass is 16.6. The average molecular weight is 715 g/mol. The maximum atomic E-state index is 13.0. The summed E-state index contributed by atoms with van der Waals surface area (Å²) in [5.41, 5.74) is 9.29. The van der Waals surface area contributed by atoms with Crippen LogP contribution in [0.1, 0.15) is 109 Å². The molecule has 1 saturated carbocycles. The predicted molar refractivity (Wildman–Crippen MR) is 206 cm³/mol. The van der Waals surface area contributed by atoms with Gasteiger partial charge in [-0.15, -0.1) is 0 Å². The summed E-state index contributed by atoms with van der Waals surface area (Å²) in [6.07, 6.45) is 6.62. The zero-order valence-corrected chi connectivity index (χ0v) is 31.7. The standard InChI is InChI=1S/C43H50N6O4/c1-41(2,3)52-39(50)48-43(21-7-8-22-43)38-45-32-19-16-29(25-34(32)46-38)27-13-11-26(12-14-27)28-15-18-31-30(24-28)17-20-33-36(31)47-37(44-33)35-10-9-23-49(35)40(51)53-42(4,5)6/h11-16,18-19,24-25,35H,7-10,17,20-23H2,1-6H3,(H,44,47)(H,45,46)(H,48,50)/t35-/m0/s1. The second-order valence-corrected chi connectivity index (χ2v) is 17.0. The third-order valence-electron chi connectivity index (χ3n) is 10.7. The predicted octanol–water partition coefficient (Wildman–Crippen LogP) is 9.75. The summed E-state index contributed by atoms with van der Waals surface area (Å²) >= 11 is 0. The molecule has 2 amide bonds. The minimum absolute atomic E-state index is 0.0992. The first-order valence-electron chi connectivity index (χ1n) is 19.1. The van der Waals surface area contributed by atoms with Crippen molar-refractivity contribution in [3.63, 3.8) is 0 Å². The van der Waals surface area contributed by atoms with Crippen LogP contribution in [0.2, 0.25) is 0 Å². The molecule has 0 bridgehead atoms. The molecular formula is C43H50N6O4. The Morgan fingerprint density at radius 3 is 2.15 bits per heavy atom. The van der Waals surface area contributed by atoms with E-state index in [1.807, 2.05) is 46.4 Å². The number of carbonyl (C=O) groups is 2. The number of nitrogens with zero attached hydrogens (tertiary/aromatic N) is 3. The summed E-state index contributed by atoms with van der Waals surface area (Å²) in [6.45, 7) is 12.0. The van der Waals surface area contributed by atoms with Crippen molar-refractivity contribution in [2.45, 2.75) is 116 Å². The average Bonchev–Trinajstić information content (AvgIpc) is 3.92. The van der Waals surface area contributed by atoms with Gasteiger partial charge in [0.05, 0.1) is 22.8 Å². The topological polar surface area (TPSA) is 125 Å². The molecule has 2 aliphatic carbocycles. The highest BCUT2D eigenvalue weighted by Gasteiger charge is 2.41. The number of fused-ring (bicyclic) bond motifs is 4. The summed E-state index contributed by atoms with van der Waals surface area (Å²) in [7, 11) is 0. The van der Waals surface area contributed by atoms with Gasteiger partial charge in [-0.05, 0) is 120 Å². The highest BCUT2D eigenvalue weighted by molar-refractivity contribution is 5.83. The lowest BCUT2D eigenvalue weighted by Crippen LogP contribution is -2.46. The van der Waals surface area contributed by atoms with Crippen molar-refractivity contribution in [3.05, 3.63) is 83.6 Å². The monoisotopic (exact) mass is 714 g/mol. The largest absolute Gasteiger partial charge is 0.444 e. The van der Waals surface area contributed by atoms with Crippen LogP contribution in [-0.4, -0.2) is 54.8 Å². The van der Waals surface area contributed by atoms with Crippen LogP contribution in [-0.2, 0) is 27.9 Å². The van der Waals surface area contributed by atoms with Gasteiger partial charge in [-0.2, -0.15) is 0 Å². The number of amides is 2. The van der Waals surface area contributed by atoms with Gasteiger partial charge in [-0.3, -0.25) is 4.90 Å². The zero-order valence-electron chi connectivity index (χ0n) is 31.7. The fourth-order valence-corrected chi connectivity index (χ4v) is 8.22. The SMILES string of the molecule is CC(C)(C)OC(=O)NC1(c2nc3ccc(-c4ccc(-c5ccc6c(c5)CCc5[nH]c([C@@H]7CCCN7C(=O)OC(C)(C)C)nc5-6)cc4)cc3[nH]2)CCCC1. The maximum Gasteiger partial charge on any atom is 0.410 e. The Morgan fingerprint density at radius 1 is 0.792 bits per heavy atom. The summed E-state index contributed by atoms with van der Waals surface area (Å²) < 4.78 is 11.3. The molecule has 3 aromatic carbocycles. The van der Waals surface area contributed by atoms with Gasteiger partial charge in [0.25, 0.3) is 0 Å². The van der Waals surface area contributed by atoms with E-state index in [2.05, 4.69) is 75.9 Å². The Hall–Kier alpha value is -5.12. The number of alkyl carbamates (subject to hydrolysis) is 1. The Bertz CT molecular complexity index is 2180. The number of hydrogen-bond acceptors (Lipinski definition) is 6. The van der Waals surface area contributed by atoms with E-state index in [-0.39, 0.29) is 12.1 Å². The van der Waals surface area contributed by atoms with E-state index in [1.165, 1.54) is 11.1 Å². The molecule has 3 N–H and O–H groups in total. The molecule has 53 heavy (non-hydrogen) atoms. The molecule has 2 fully saturated rings. The molecule has 0 spiro atoms. The zero-order chi connectivity index (χ0) is 37.1. The van der Waals surface area contributed by atoms with Crippen molar-refractivity contribution >= 4 is 23.2 Å². The van der Waals surface area contributed by atoms with Gasteiger partial charge in [0.1, 0.15) is 28.4 Å². The third kappa shape index (κ3) is 7.03. The van der Waals surface area contributed by atoms with Gasteiger partial charge in [0, 0.05) is 17.8 Å². The Morgan fingerprint density at radius 2 is 1.45 bits per heavy atom. The number of imidazole rings is 2. The second kappa shape index (κ2) is 13.1. The lowest BCUT2D eigenvalue weighted by atomic mass is 9.89. The number of rotatable bonds is 5. The molecule has 2 aromatic heterocycles. The van der Waals surface area contributed by atoms with Gasteiger partial charge in [0.15, 0.2) is 0 Å². The summed E-state index contributed by atoms with van der Waals surface area (Å²) in [6, 6.07) is 21.6. The maximum absolute atomic E-state index is 13.0. The summed E-state index contributed by atoms with van der Waals surface area (Å²) in [4.78, 5) is 44.8. The third-order valence-corrected chi connectivity index (χ3v) is 10.7. The molecule has 10 nitrogen and oxygen atoms in total. The molecule has 8 rings (SSSR count). The lowest BCUT2D eigenvalue weighted by molar-refractivity contribution is 0.0218. The van der Waals surface area contributed by atoms with E-state index >= 15 is 0 Å². The number of ether oxygens (including phenoxy) is 2. The minimum atomic E-state index is -0.568. The number of aromatic amines is 2. The van der Waals surface area contributed by atoms with E-state index < -0.39 is 22.8 Å². The van der Waals surface area contributed by atoms with Crippen LogP contribution in [0.5, 0.6) is 0 Å². The van der Waals surface area contributed by atoms with E-state index in [1.54, 1.807) is 0 Å². The minimum Gasteiger partial charge on any atom is -0.444 e. The van der Waals surface area contributed by atoms with Gasteiger partial charge in [0.2, 0.25) is 0 Å². The Balaban J connectivity index is 0.995. The van der Waals surface area contributed by atoms with E-state index in [0.29, 0.717) is 6.54 Å². The van der Waals surface area contributed by atoms with E-state index in [9.17, 15) is 9.59 Å². The lowest BCUT2D eigenvalue weighted by Gasteiger charge is -2.30. The fraction of sp³-hybridized carbons (Fsp3) is 0.442. The molecule has 3 heterocycles. The van der Waals surface area contributed by atoms with E-state index in [0.717, 1.165) is 108 Å². The highest BCUT2D eigenvalue weighted by Crippen LogP contribution is 2.41. The number of hydrogen-bond donors (Lipinski definition) is 3. The number of benzene rings is 3. The number of likely N-dealkylation sites (tertiary alicyclic amines) is 1. The summed E-state index contributed by atoms with van der Waals surface area (Å²) in [5.74, 6) is 1.64. The van der Waals surface area contributed by atoms with Gasteiger partial charge < -0.3 is 24.8 Å². The van der Waals surface area contributed by atoms with Crippen molar-refractivity contribution in [2.75, 3.05) is 6.54 Å². The molecular weight excluding hydrogens is 665 g/mol. The van der Waals surface area contributed by atoms with Crippen LogP contribution in [0, 0.1) is 0 Å². The summed E-state index contributed by atoms with van der Waals surface area (Å²) in [5, 5.41) is 3.16. The van der Waals surface area contributed by atoms with Crippen LogP contribution in [0.3, 0.4) is 0 Å². The van der Waals surface area contributed by atoms with Gasteiger partial charge in [-0.25, -0.2) is 19.6 Å². The van der Waals surface area contributed by atoms with Crippen LogP contribution in [0.15, 0.2) is 60.7 Å². The first-order valence-corrected chi connectivity index (χ1v) is 19.1. The number of H-pyrrole nitrogens is 2. The molecule has 5 aromatic rings. The first-order chi connectivity index (χ1) is 25.2. The Labute approximate surface area is 311 Å². The van der Waals surface area contributed by atoms with Gasteiger partial charge >= 0.3 is 12.2 Å². The molecule has 276 valence electrons. The number of nitrogens with one attached hydrogen (secondary N) is 3. The molecule has 1 aliphatic heterocycles. The molecule has 0 unspecified atom stereocenters. The molecule has 1 atom stereocenters. The number of carbonyl (C=O) groups excluding carboxylic acids is 2. The van der Waals surface area contributed by atoms with Crippen molar-refractivity contribution in [1.82, 2.24) is 30.2 Å². The van der Waals surface area contributed by atoms with Crippen molar-refractivity contribution in [2.24, 2.45) is 0 Å². The number of aryl methyl sites for hydroxylation is 2.